The molecule has 5 aromatic carbocycles. The number of pyridine rings is 4. The summed E-state index contributed by atoms with van der Waals surface area (Å²) in [6, 6.07) is 47.4. The normalized spacial score (nSPS) is 11.5. The van der Waals surface area contributed by atoms with Crippen molar-refractivity contribution in [1.82, 2.24) is 34.9 Å². The third-order valence-corrected chi connectivity index (χ3v) is 9.50. The van der Waals surface area contributed by atoms with Gasteiger partial charge in [0.1, 0.15) is 0 Å². The quantitative estimate of drug-likeness (QED) is 0.169. The lowest BCUT2D eigenvalue weighted by molar-refractivity contribution is 1.07. The monoisotopic (exact) mass is 665 g/mol. The molecular weight excluding hydrogens is 639 g/mol. The molecule has 0 amide bonds. The van der Waals surface area contributed by atoms with Gasteiger partial charge in [0.2, 0.25) is 0 Å². The molecule has 0 aliphatic carbocycles. The summed E-state index contributed by atoms with van der Waals surface area (Å²) in [7, 11) is 0. The lowest BCUT2D eigenvalue weighted by atomic mass is 9.98. The highest BCUT2D eigenvalue weighted by molar-refractivity contribution is 6.09. The standard InChI is InChI=1S/C45H27N7/c1-2-8-30(9-3-1)43-50-44(33-12-4-10-31(26-33)35-20-24-48-41-37(35)18-16-28-14-6-22-46-39(28)41)52-45(51-43)34-13-5-11-32(27-34)36-21-25-49-42-38(36)19-17-29-15-7-23-47-40(29)42/h1-27H. The van der Waals surface area contributed by atoms with Gasteiger partial charge in [-0.1, -0.05) is 103 Å². The van der Waals surface area contributed by atoms with Gasteiger partial charge < -0.3 is 0 Å². The molecule has 0 fully saturated rings. The average Bonchev–Trinajstić information content (AvgIpc) is 3.23. The Hall–Kier alpha value is -7.25. The molecule has 5 aromatic heterocycles. The van der Waals surface area contributed by atoms with Gasteiger partial charge in [0, 0.05) is 63.0 Å². The van der Waals surface area contributed by atoms with Gasteiger partial charge in [0.05, 0.1) is 22.1 Å². The fraction of sp³-hybridized carbons (Fsp3) is 0. The molecule has 0 spiro atoms. The molecule has 242 valence electrons. The number of aromatic nitrogens is 7. The van der Waals surface area contributed by atoms with E-state index in [0.717, 1.165) is 82.6 Å². The number of hydrogen-bond acceptors (Lipinski definition) is 7. The Kier molecular flexibility index (Phi) is 6.99. The van der Waals surface area contributed by atoms with Gasteiger partial charge in [-0.3, -0.25) is 19.9 Å². The number of rotatable bonds is 5. The van der Waals surface area contributed by atoms with Crippen molar-refractivity contribution >= 4 is 43.6 Å². The van der Waals surface area contributed by atoms with Gasteiger partial charge in [-0.2, -0.15) is 0 Å². The van der Waals surface area contributed by atoms with Gasteiger partial charge in [0.15, 0.2) is 17.5 Å². The Labute approximate surface area is 298 Å². The molecule has 0 aliphatic rings. The van der Waals surface area contributed by atoms with Crippen LogP contribution in [0.1, 0.15) is 0 Å². The lowest BCUT2D eigenvalue weighted by Gasteiger charge is -2.12. The first-order chi connectivity index (χ1) is 25.8. The van der Waals surface area contributed by atoms with Gasteiger partial charge in [0.25, 0.3) is 0 Å². The zero-order valence-electron chi connectivity index (χ0n) is 27.7. The Morgan fingerprint density at radius 2 is 0.731 bits per heavy atom. The van der Waals surface area contributed by atoms with Crippen molar-refractivity contribution in [3.05, 3.63) is 164 Å². The van der Waals surface area contributed by atoms with Crippen LogP contribution in [0.15, 0.2) is 164 Å². The molecule has 0 bridgehead atoms. The SMILES string of the molecule is c1ccc(-c2nc(-c3cccc(-c4ccnc5c4ccc4cccnc45)c3)nc(-c3cccc(-c4ccnc5c4ccc4cccnc45)c3)n2)cc1. The molecule has 7 heteroatoms. The van der Waals surface area contributed by atoms with E-state index in [4.69, 9.17) is 24.9 Å². The second-order valence-electron chi connectivity index (χ2n) is 12.6. The van der Waals surface area contributed by atoms with Crippen LogP contribution in [0.2, 0.25) is 0 Å². The van der Waals surface area contributed by atoms with Crippen LogP contribution < -0.4 is 0 Å². The van der Waals surface area contributed by atoms with Gasteiger partial charge in [-0.25, -0.2) is 15.0 Å². The van der Waals surface area contributed by atoms with Gasteiger partial charge in [-0.15, -0.1) is 0 Å². The second-order valence-corrected chi connectivity index (χ2v) is 12.6. The summed E-state index contributed by atoms with van der Waals surface area (Å²) in [5, 5.41) is 4.20. The van der Waals surface area contributed by atoms with E-state index in [9.17, 15) is 0 Å². The molecule has 0 N–H and O–H groups in total. The predicted octanol–water partition coefficient (Wildman–Crippen LogP) is 10.4. The molecule has 0 atom stereocenters. The Balaban J connectivity index is 1.11. The Bertz CT molecular complexity index is 2800. The zero-order chi connectivity index (χ0) is 34.4. The van der Waals surface area contributed by atoms with Crippen LogP contribution in [0.3, 0.4) is 0 Å². The van der Waals surface area contributed by atoms with E-state index >= 15 is 0 Å². The van der Waals surface area contributed by atoms with Crippen molar-refractivity contribution in [1.29, 1.82) is 0 Å². The molecule has 7 nitrogen and oxygen atoms in total. The number of benzene rings is 5. The van der Waals surface area contributed by atoms with E-state index in [1.165, 1.54) is 0 Å². The highest BCUT2D eigenvalue weighted by Crippen LogP contribution is 2.35. The third-order valence-electron chi connectivity index (χ3n) is 9.50. The highest BCUT2D eigenvalue weighted by atomic mass is 15.0. The summed E-state index contributed by atoms with van der Waals surface area (Å²) in [6.07, 6.45) is 7.33. The van der Waals surface area contributed by atoms with E-state index in [1.54, 1.807) is 0 Å². The van der Waals surface area contributed by atoms with E-state index in [1.807, 2.05) is 67.3 Å². The summed E-state index contributed by atoms with van der Waals surface area (Å²) in [5.74, 6) is 1.79. The minimum atomic E-state index is 0.591. The van der Waals surface area contributed by atoms with Crippen LogP contribution in [0.5, 0.6) is 0 Å². The van der Waals surface area contributed by atoms with Crippen molar-refractivity contribution in [3.8, 4) is 56.4 Å². The molecule has 0 saturated heterocycles. The van der Waals surface area contributed by atoms with E-state index < -0.39 is 0 Å². The van der Waals surface area contributed by atoms with Gasteiger partial charge in [-0.05, 0) is 58.7 Å². The van der Waals surface area contributed by atoms with Crippen molar-refractivity contribution in [2.24, 2.45) is 0 Å². The molecule has 52 heavy (non-hydrogen) atoms. The van der Waals surface area contributed by atoms with Crippen molar-refractivity contribution in [2.45, 2.75) is 0 Å². The largest absolute Gasteiger partial charge is 0.254 e. The second kappa shape index (κ2) is 12.3. The molecule has 10 aromatic rings. The topological polar surface area (TPSA) is 90.2 Å². The first-order valence-electron chi connectivity index (χ1n) is 17.0. The zero-order valence-corrected chi connectivity index (χ0v) is 27.7. The van der Waals surface area contributed by atoms with E-state index in [2.05, 4.69) is 107 Å². The van der Waals surface area contributed by atoms with E-state index in [0.29, 0.717) is 17.5 Å². The summed E-state index contributed by atoms with van der Waals surface area (Å²) < 4.78 is 0. The smallest absolute Gasteiger partial charge is 0.164 e. The minimum absolute atomic E-state index is 0.591. The van der Waals surface area contributed by atoms with Crippen LogP contribution >= 0.6 is 0 Å². The number of hydrogen-bond donors (Lipinski definition) is 0. The lowest BCUT2D eigenvalue weighted by Crippen LogP contribution is -2.00. The molecular formula is C45H27N7. The maximum absolute atomic E-state index is 5.11. The van der Waals surface area contributed by atoms with Crippen LogP contribution in [0.4, 0.5) is 0 Å². The number of fused-ring (bicyclic) bond motifs is 6. The maximum Gasteiger partial charge on any atom is 0.164 e. The molecule has 0 unspecified atom stereocenters. The van der Waals surface area contributed by atoms with Gasteiger partial charge >= 0.3 is 0 Å². The molecule has 5 heterocycles. The third kappa shape index (κ3) is 5.11. The summed E-state index contributed by atoms with van der Waals surface area (Å²) >= 11 is 0. The van der Waals surface area contributed by atoms with Crippen molar-refractivity contribution < 1.29 is 0 Å². The average molecular weight is 666 g/mol. The fourth-order valence-electron chi connectivity index (χ4n) is 7.01. The summed E-state index contributed by atoms with van der Waals surface area (Å²) in [5.41, 5.74) is 10.4. The number of nitrogens with zero attached hydrogens (tertiary/aromatic N) is 7. The van der Waals surface area contributed by atoms with E-state index in [-0.39, 0.29) is 0 Å². The van der Waals surface area contributed by atoms with Crippen molar-refractivity contribution in [3.63, 3.8) is 0 Å². The fourth-order valence-corrected chi connectivity index (χ4v) is 7.01. The van der Waals surface area contributed by atoms with Crippen LogP contribution in [-0.4, -0.2) is 34.9 Å². The Morgan fingerprint density at radius 1 is 0.288 bits per heavy atom. The first-order valence-corrected chi connectivity index (χ1v) is 17.0. The molecule has 10 rings (SSSR count). The Morgan fingerprint density at radius 3 is 1.25 bits per heavy atom. The predicted molar refractivity (Wildman–Crippen MR) is 208 cm³/mol. The van der Waals surface area contributed by atoms with Crippen molar-refractivity contribution in [2.75, 3.05) is 0 Å². The molecule has 0 aliphatic heterocycles. The highest BCUT2D eigenvalue weighted by Gasteiger charge is 2.16. The van der Waals surface area contributed by atoms with Crippen LogP contribution in [-0.2, 0) is 0 Å². The maximum atomic E-state index is 5.11. The first kappa shape index (κ1) is 29.6. The molecule has 0 saturated carbocycles. The molecule has 0 radical (unpaired) electrons. The summed E-state index contributed by atoms with van der Waals surface area (Å²) in [4.78, 5) is 33.9. The van der Waals surface area contributed by atoms with Crippen LogP contribution in [0.25, 0.3) is 100 Å². The van der Waals surface area contributed by atoms with Crippen LogP contribution in [0, 0.1) is 0 Å². The minimum Gasteiger partial charge on any atom is -0.254 e. The summed E-state index contributed by atoms with van der Waals surface area (Å²) in [6.45, 7) is 0.